The fourth-order valence-corrected chi connectivity index (χ4v) is 5.80. The van der Waals surface area contributed by atoms with E-state index < -0.39 is 0 Å². The molecular formula is C25H25N5O2S2. The second-order valence-electron chi connectivity index (χ2n) is 8.45. The van der Waals surface area contributed by atoms with Crippen LogP contribution in [0.1, 0.15) is 22.6 Å². The van der Waals surface area contributed by atoms with Gasteiger partial charge in [-0.25, -0.2) is 0 Å². The molecule has 0 bridgehead atoms. The van der Waals surface area contributed by atoms with Crippen LogP contribution in [0.5, 0.6) is 0 Å². The van der Waals surface area contributed by atoms with Crippen LogP contribution in [0.25, 0.3) is 10.9 Å². The van der Waals surface area contributed by atoms with Gasteiger partial charge in [0.15, 0.2) is 0 Å². The Hall–Kier alpha value is -3.17. The monoisotopic (exact) mass is 491 g/mol. The lowest BCUT2D eigenvalue weighted by molar-refractivity contribution is -0.128. The highest BCUT2D eigenvalue weighted by Gasteiger charge is 2.34. The Morgan fingerprint density at radius 2 is 2.09 bits per heavy atom. The molecule has 4 aromatic rings. The molecule has 5 rings (SSSR count). The maximum atomic E-state index is 12.8. The number of likely N-dealkylation sites (tertiary alicyclic amines) is 1. The molecule has 2 amide bonds. The molecule has 2 N–H and O–H groups in total. The van der Waals surface area contributed by atoms with E-state index in [1.807, 2.05) is 24.4 Å². The smallest absolute Gasteiger partial charge is 0.231 e. The summed E-state index contributed by atoms with van der Waals surface area (Å²) in [7, 11) is 0. The molecule has 1 fully saturated rings. The summed E-state index contributed by atoms with van der Waals surface area (Å²) in [6, 6.07) is 16.4. The Morgan fingerprint density at radius 3 is 2.94 bits per heavy atom. The maximum absolute atomic E-state index is 12.8. The third-order valence-corrected chi connectivity index (χ3v) is 8.01. The zero-order chi connectivity index (χ0) is 23.5. The molecule has 1 aliphatic heterocycles. The number of aromatic amines is 1. The van der Waals surface area contributed by atoms with Crippen LogP contribution >= 0.6 is 23.1 Å². The molecule has 1 saturated heterocycles. The molecular weight excluding hydrogens is 466 g/mol. The molecule has 3 heterocycles. The number of nitrogens with one attached hydrogen (secondary N) is 2. The number of hydrogen-bond donors (Lipinski definition) is 2. The number of anilines is 1. The quantitative estimate of drug-likeness (QED) is 0.350. The number of fused-ring (bicyclic) bond motifs is 1. The zero-order valence-corrected chi connectivity index (χ0v) is 20.4. The number of H-pyrrole nitrogens is 1. The van der Waals surface area contributed by atoms with E-state index in [1.54, 1.807) is 16.7 Å². The lowest BCUT2D eigenvalue weighted by Crippen LogP contribution is -2.30. The van der Waals surface area contributed by atoms with Gasteiger partial charge in [0.1, 0.15) is 5.01 Å². The molecule has 174 valence electrons. The Balaban J connectivity index is 1.13. The van der Waals surface area contributed by atoms with Crippen molar-refractivity contribution >= 4 is 50.9 Å². The molecule has 2 aromatic carbocycles. The summed E-state index contributed by atoms with van der Waals surface area (Å²) >= 11 is 3.05. The van der Waals surface area contributed by atoms with E-state index in [4.69, 9.17) is 0 Å². The highest BCUT2D eigenvalue weighted by atomic mass is 32.2. The zero-order valence-electron chi connectivity index (χ0n) is 18.8. The van der Waals surface area contributed by atoms with Gasteiger partial charge >= 0.3 is 0 Å². The summed E-state index contributed by atoms with van der Waals surface area (Å²) in [5.41, 5.74) is 3.50. The first-order valence-electron chi connectivity index (χ1n) is 11.2. The van der Waals surface area contributed by atoms with Gasteiger partial charge in [0.05, 0.1) is 11.7 Å². The molecule has 34 heavy (non-hydrogen) atoms. The van der Waals surface area contributed by atoms with Gasteiger partial charge in [0.25, 0.3) is 0 Å². The summed E-state index contributed by atoms with van der Waals surface area (Å²) in [4.78, 5) is 31.6. The van der Waals surface area contributed by atoms with Crippen LogP contribution in [0.2, 0.25) is 0 Å². The standard InChI is InChI=1S/C25H25N5O2S2/c1-16-7-8-21-20(11-16)17(13-26-21)9-10-30-14-18(12-23(30)31)24(32)27-25-29-28-22(34-25)15-33-19-5-3-2-4-6-19/h2-8,11,13,18,26H,9-10,12,14-15H2,1H3,(H,27,29,32). The average molecular weight is 492 g/mol. The Labute approximate surface area is 206 Å². The first kappa shape index (κ1) is 22.6. The maximum Gasteiger partial charge on any atom is 0.231 e. The molecule has 7 nitrogen and oxygen atoms in total. The molecule has 0 spiro atoms. The van der Waals surface area contributed by atoms with Crippen molar-refractivity contribution in [3.63, 3.8) is 0 Å². The summed E-state index contributed by atoms with van der Waals surface area (Å²) in [5, 5.41) is 13.7. The van der Waals surface area contributed by atoms with Gasteiger partial charge in [-0.3, -0.25) is 9.59 Å². The number of rotatable bonds is 8. The number of carbonyl (C=O) groups excluding carboxylic acids is 2. The summed E-state index contributed by atoms with van der Waals surface area (Å²) in [6.45, 7) is 3.11. The fraction of sp³-hybridized carbons (Fsp3) is 0.280. The number of benzene rings is 2. The summed E-state index contributed by atoms with van der Waals surface area (Å²) in [5.74, 6) is 0.176. The topological polar surface area (TPSA) is 91.0 Å². The van der Waals surface area contributed by atoms with Gasteiger partial charge in [-0.15, -0.1) is 22.0 Å². The fourth-order valence-electron chi connectivity index (χ4n) is 4.15. The van der Waals surface area contributed by atoms with Crippen molar-refractivity contribution < 1.29 is 9.59 Å². The van der Waals surface area contributed by atoms with E-state index in [0.29, 0.717) is 24.0 Å². The minimum atomic E-state index is -0.372. The normalized spacial score (nSPS) is 15.9. The number of thioether (sulfide) groups is 1. The third-order valence-electron chi connectivity index (χ3n) is 5.96. The van der Waals surface area contributed by atoms with Crippen LogP contribution in [0.15, 0.2) is 59.6 Å². The van der Waals surface area contributed by atoms with Crippen molar-refractivity contribution in [2.45, 2.75) is 30.4 Å². The van der Waals surface area contributed by atoms with E-state index in [1.165, 1.54) is 27.8 Å². The average Bonchev–Trinajstić information content (AvgIpc) is 3.55. The number of nitrogens with zero attached hydrogens (tertiary/aromatic N) is 3. The molecule has 9 heteroatoms. The van der Waals surface area contributed by atoms with Crippen LogP contribution in [0.4, 0.5) is 5.13 Å². The third kappa shape index (κ3) is 5.15. The van der Waals surface area contributed by atoms with Crippen molar-refractivity contribution in [3.05, 3.63) is 70.9 Å². The predicted octanol–water partition coefficient (Wildman–Crippen LogP) is 4.65. The second kappa shape index (κ2) is 9.99. The lowest BCUT2D eigenvalue weighted by atomic mass is 10.1. The van der Waals surface area contributed by atoms with E-state index in [0.717, 1.165) is 21.8 Å². The molecule has 0 saturated carbocycles. The lowest BCUT2D eigenvalue weighted by Gasteiger charge is -2.16. The van der Waals surface area contributed by atoms with Gasteiger partial charge in [0, 0.05) is 41.5 Å². The molecule has 1 unspecified atom stereocenters. The van der Waals surface area contributed by atoms with Crippen molar-refractivity contribution in [1.29, 1.82) is 0 Å². The number of aryl methyl sites for hydroxylation is 1. The van der Waals surface area contributed by atoms with Crippen molar-refractivity contribution in [1.82, 2.24) is 20.1 Å². The van der Waals surface area contributed by atoms with E-state index >= 15 is 0 Å². The van der Waals surface area contributed by atoms with Crippen molar-refractivity contribution in [2.24, 2.45) is 5.92 Å². The summed E-state index contributed by atoms with van der Waals surface area (Å²) in [6.07, 6.45) is 2.99. The predicted molar refractivity (Wildman–Crippen MR) is 136 cm³/mol. The van der Waals surface area contributed by atoms with Gasteiger partial charge in [-0.1, -0.05) is 41.2 Å². The van der Waals surface area contributed by atoms with Crippen LogP contribution in [-0.2, 0) is 21.8 Å². The molecule has 0 radical (unpaired) electrons. The van der Waals surface area contributed by atoms with Crippen LogP contribution < -0.4 is 5.32 Å². The van der Waals surface area contributed by atoms with Gasteiger partial charge in [-0.05, 0) is 43.2 Å². The first-order valence-corrected chi connectivity index (χ1v) is 13.0. The Bertz CT molecular complexity index is 1320. The second-order valence-corrected chi connectivity index (χ2v) is 10.6. The van der Waals surface area contributed by atoms with Crippen molar-refractivity contribution in [3.8, 4) is 0 Å². The Kier molecular flexibility index (Phi) is 6.64. The van der Waals surface area contributed by atoms with Crippen LogP contribution in [0.3, 0.4) is 0 Å². The van der Waals surface area contributed by atoms with Gasteiger partial charge in [-0.2, -0.15) is 0 Å². The largest absolute Gasteiger partial charge is 0.361 e. The number of carbonyl (C=O) groups is 2. The van der Waals surface area contributed by atoms with E-state index in [2.05, 4.69) is 57.8 Å². The highest BCUT2D eigenvalue weighted by Crippen LogP contribution is 2.27. The molecule has 2 aromatic heterocycles. The number of aromatic nitrogens is 3. The first-order chi connectivity index (χ1) is 16.5. The molecule has 1 aliphatic rings. The minimum Gasteiger partial charge on any atom is -0.361 e. The highest BCUT2D eigenvalue weighted by molar-refractivity contribution is 7.98. The summed E-state index contributed by atoms with van der Waals surface area (Å²) < 4.78 is 0. The van der Waals surface area contributed by atoms with E-state index in [9.17, 15) is 9.59 Å². The van der Waals surface area contributed by atoms with Crippen molar-refractivity contribution in [2.75, 3.05) is 18.4 Å². The SMILES string of the molecule is Cc1ccc2[nH]cc(CCN3CC(C(=O)Nc4nnc(CSc5ccccc5)s4)CC3=O)c2c1. The van der Waals surface area contributed by atoms with Crippen LogP contribution in [0, 0.1) is 12.8 Å². The van der Waals surface area contributed by atoms with E-state index in [-0.39, 0.29) is 24.2 Å². The van der Waals surface area contributed by atoms with Gasteiger partial charge in [0.2, 0.25) is 16.9 Å². The molecule has 0 aliphatic carbocycles. The minimum absolute atomic E-state index is 0.0217. The number of hydrogen-bond acceptors (Lipinski definition) is 6. The van der Waals surface area contributed by atoms with Gasteiger partial charge < -0.3 is 15.2 Å². The van der Waals surface area contributed by atoms with Crippen LogP contribution in [-0.4, -0.2) is 45.0 Å². The Morgan fingerprint density at radius 1 is 1.24 bits per heavy atom. The molecule has 1 atom stereocenters. The number of amides is 2.